The molecule has 0 bridgehead atoms. The molecule has 0 radical (unpaired) electrons. The molecule has 1 aromatic rings. The zero-order chi connectivity index (χ0) is 17.9. The summed E-state index contributed by atoms with van der Waals surface area (Å²) in [6, 6.07) is 6.31. The minimum Gasteiger partial charge on any atom is -0.493 e. The highest BCUT2D eigenvalue weighted by Gasteiger charge is 2.26. The van der Waals surface area contributed by atoms with Crippen molar-refractivity contribution in [3.05, 3.63) is 29.3 Å². The summed E-state index contributed by atoms with van der Waals surface area (Å²) in [6.07, 6.45) is 4.32. The van der Waals surface area contributed by atoms with Crippen LogP contribution in [0.15, 0.2) is 18.2 Å². The Morgan fingerprint density at radius 3 is 2.76 bits per heavy atom. The van der Waals surface area contributed by atoms with E-state index in [2.05, 4.69) is 22.3 Å². The fourth-order valence-corrected chi connectivity index (χ4v) is 3.52. The van der Waals surface area contributed by atoms with E-state index >= 15 is 0 Å². The van der Waals surface area contributed by atoms with Gasteiger partial charge in [0.25, 0.3) is 0 Å². The summed E-state index contributed by atoms with van der Waals surface area (Å²) in [5.74, 6) is 0.870. The molecule has 0 saturated carbocycles. The fourth-order valence-electron chi connectivity index (χ4n) is 3.52. The van der Waals surface area contributed by atoms with Crippen LogP contribution in [-0.2, 0) is 11.3 Å². The first-order valence-corrected chi connectivity index (χ1v) is 9.38. The number of piperidine rings is 1. The number of hydrogen-bond acceptors (Lipinski definition) is 4. The van der Waals surface area contributed by atoms with E-state index in [-0.39, 0.29) is 12.1 Å². The van der Waals surface area contributed by atoms with Gasteiger partial charge in [-0.15, -0.1) is 0 Å². The lowest BCUT2D eigenvalue weighted by atomic mass is 9.98. The molecular weight excluding hydrogens is 316 g/mol. The second-order valence-electron chi connectivity index (χ2n) is 8.04. The van der Waals surface area contributed by atoms with Crippen molar-refractivity contribution in [2.24, 2.45) is 0 Å². The maximum absolute atomic E-state index is 12.2. The fraction of sp³-hybridized carbons (Fsp3) is 0.650. The molecule has 25 heavy (non-hydrogen) atoms. The number of alkyl carbamates (subject to hydrolysis) is 1. The second kappa shape index (κ2) is 7.65. The van der Waals surface area contributed by atoms with Crippen LogP contribution in [0.3, 0.4) is 0 Å². The van der Waals surface area contributed by atoms with Crippen molar-refractivity contribution < 1.29 is 14.3 Å². The number of amides is 1. The molecule has 1 amide bonds. The first kappa shape index (κ1) is 18.1. The first-order chi connectivity index (χ1) is 11.9. The third-order valence-corrected chi connectivity index (χ3v) is 4.66. The Labute approximate surface area is 150 Å². The number of rotatable bonds is 3. The van der Waals surface area contributed by atoms with Gasteiger partial charge in [-0.25, -0.2) is 4.79 Å². The number of nitrogens with zero attached hydrogens (tertiary/aromatic N) is 1. The molecule has 2 aliphatic rings. The van der Waals surface area contributed by atoms with E-state index < -0.39 is 5.60 Å². The van der Waals surface area contributed by atoms with Crippen LogP contribution in [0, 0.1) is 0 Å². The topological polar surface area (TPSA) is 50.8 Å². The minimum atomic E-state index is -0.492. The van der Waals surface area contributed by atoms with Gasteiger partial charge in [0.1, 0.15) is 11.4 Å². The zero-order valence-electron chi connectivity index (χ0n) is 15.6. The van der Waals surface area contributed by atoms with Crippen LogP contribution in [0.2, 0.25) is 0 Å². The maximum Gasteiger partial charge on any atom is 0.408 e. The Bertz CT molecular complexity index is 603. The molecule has 1 fully saturated rings. The minimum absolute atomic E-state index is 0.0556. The van der Waals surface area contributed by atoms with Crippen LogP contribution < -0.4 is 10.1 Å². The van der Waals surface area contributed by atoms with Gasteiger partial charge in [0.2, 0.25) is 0 Å². The second-order valence-corrected chi connectivity index (χ2v) is 8.04. The number of likely N-dealkylation sites (tertiary alicyclic amines) is 1. The van der Waals surface area contributed by atoms with Gasteiger partial charge in [-0.3, -0.25) is 4.90 Å². The number of hydrogen-bond donors (Lipinski definition) is 1. The summed E-state index contributed by atoms with van der Waals surface area (Å²) in [7, 11) is 0. The molecule has 1 N–H and O–H groups in total. The number of carbonyl (C=O) groups is 1. The largest absolute Gasteiger partial charge is 0.493 e. The molecule has 1 saturated heterocycles. The molecule has 2 aliphatic heterocycles. The predicted molar refractivity (Wildman–Crippen MR) is 97.8 cm³/mol. The molecule has 5 heteroatoms. The van der Waals surface area contributed by atoms with Gasteiger partial charge in [0.15, 0.2) is 0 Å². The van der Waals surface area contributed by atoms with Gasteiger partial charge < -0.3 is 14.8 Å². The van der Waals surface area contributed by atoms with Gasteiger partial charge in [0.05, 0.1) is 12.6 Å². The van der Waals surface area contributed by atoms with Gasteiger partial charge in [-0.1, -0.05) is 12.5 Å². The Hall–Kier alpha value is -1.75. The maximum atomic E-state index is 12.2. The highest BCUT2D eigenvalue weighted by atomic mass is 16.6. The summed E-state index contributed by atoms with van der Waals surface area (Å²) in [5, 5.41) is 3.01. The van der Waals surface area contributed by atoms with Crippen LogP contribution in [-0.4, -0.2) is 36.3 Å². The van der Waals surface area contributed by atoms with Gasteiger partial charge in [-0.05, 0) is 64.4 Å². The molecular formula is C20H30N2O3. The summed E-state index contributed by atoms with van der Waals surface area (Å²) in [4.78, 5) is 14.7. The molecule has 1 aromatic carbocycles. The number of fused-ring (bicyclic) bond motifs is 1. The Morgan fingerprint density at radius 1 is 1.28 bits per heavy atom. The van der Waals surface area contributed by atoms with E-state index in [0.717, 1.165) is 24.3 Å². The lowest BCUT2D eigenvalue weighted by molar-refractivity contribution is 0.0491. The number of benzene rings is 1. The van der Waals surface area contributed by atoms with Crippen molar-refractivity contribution in [2.45, 2.75) is 64.6 Å². The van der Waals surface area contributed by atoms with Crippen molar-refractivity contribution in [1.29, 1.82) is 0 Å². The van der Waals surface area contributed by atoms with E-state index in [1.165, 1.54) is 37.9 Å². The summed E-state index contributed by atoms with van der Waals surface area (Å²) in [5.41, 5.74) is 1.85. The molecule has 1 atom stereocenters. The SMILES string of the molecule is CC(C)(C)OC(=O)NC1CCOc2ccc(CN3CCCCC3)cc21. The molecule has 3 rings (SSSR count). The van der Waals surface area contributed by atoms with Crippen molar-refractivity contribution in [3.63, 3.8) is 0 Å². The van der Waals surface area contributed by atoms with Gasteiger partial charge >= 0.3 is 6.09 Å². The predicted octanol–water partition coefficient (Wildman–Crippen LogP) is 4.02. The van der Waals surface area contributed by atoms with Crippen LogP contribution in [0.5, 0.6) is 5.75 Å². The summed E-state index contributed by atoms with van der Waals surface area (Å²) in [6.45, 7) is 9.55. The zero-order valence-corrected chi connectivity index (χ0v) is 15.6. The Balaban J connectivity index is 1.70. The quantitative estimate of drug-likeness (QED) is 0.898. The lowest BCUT2D eigenvalue weighted by Crippen LogP contribution is -2.37. The smallest absolute Gasteiger partial charge is 0.408 e. The molecule has 5 nitrogen and oxygen atoms in total. The van der Waals surface area contributed by atoms with E-state index in [0.29, 0.717) is 6.61 Å². The van der Waals surface area contributed by atoms with Crippen molar-refractivity contribution >= 4 is 6.09 Å². The number of carbonyl (C=O) groups excluding carboxylic acids is 1. The highest BCUT2D eigenvalue weighted by molar-refractivity contribution is 5.68. The first-order valence-electron chi connectivity index (χ1n) is 9.38. The third-order valence-electron chi connectivity index (χ3n) is 4.66. The molecule has 0 spiro atoms. The highest BCUT2D eigenvalue weighted by Crippen LogP contribution is 2.33. The van der Waals surface area contributed by atoms with Crippen LogP contribution >= 0.6 is 0 Å². The molecule has 0 aliphatic carbocycles. The molecule has 2 heterocycles. The average molecular weight is 346 g/mol. The molecule has 138 valence electrons. The van der Waals surface area contributed by atoms with Crippen molar-refractivity contribution in [1.82, 2.24) is 10.2 Å². The summed E-state index contributed by atoms with van der Waals surface area (Å²) < 4.78 is 11.2. The molecule has 0 aromatic heterocycles. The third kappa shape index (κ3) is 5.11. The van der Waals surface area contributed by atoms with E-state index in [4.69, 9.17) is 9.47 Å². The van der Waals surface area contributed by atoms with Crippen molar-refractivity contribution in [2.75, 3.05) is 19.7 Å². The Morgan fingerprint density at radius 2 is 2.04 bits per heavy atom. The van der Waals surface area contributed by atoms with E-state index in [1.54, 1.807) is 0 Å². The normalized spacial score (nSPS) is 21.2. The lowest BCUT2D eigenvalue weighted by Gasteiger charge is -2.30. The summed E-state index contributed by atoms with van der Waals surface area (Å²) >= 11 is 0. The van der Waals surface area contributed by atoms with Crippen LogP contribution in [0.4, 0.5) is 4.79 Å². The van der Waals surface area contributed by atoms with Crippen LogP contribution in [0.25, 0.3) is 0 Å². The monoisotopic (exact) mass is 346 g/mol. The number of ether oxygens (including phenoxy) is 2. The average Bonchev–Trinajstić information content (AvgIpc) is 2.54. The Kier molecular flexibility index (Phi) is 5.52. The van der Waals surface area contributed by atoms with Gasteiger partial charge in [0, 0.05) is 18.5 Å². The van der Waals surface area contributed by atoms with E-state index in [1.807, 2.05) is 26.8 Å². The molecule has 1 unspecified atom stereocenters. The van der Waals surface area contributed by atoms with Crippen molar-refractivity contribution in [3.8, 4) is 5.75 Å². The number of nitrogens with one attached hydrogen (secondary N) is 1. The van der Waals surface area contributed by atoms with Gasteiger partial charge in [-0.2, -0.15) is 0 Å². The standard InChI is InChI=1S/C20H30N2O3/c1-20(2,3)25-19(23)21-17-9-12-24-18-8-7-15(13-16(17)18)14-22-10-5-4-6-11-22/h7-8,13,17H,4-6,9-12,14H2,1-3H3,(H,21,23). The van der Waals surface area contributed by atoms with Crippen LogP contribution in [0.1, 0.15) is 63.6 Å². The van der Waals surface area contributed by atoms with E-state index in [9.17, 15) is 4.79 Å².